The second kappa shape index (κ2) is 9.92. The molecule has 6 heteroatoms. The van der Waals surface area contributed by atoms with Crippen LogP contribution in [0.15, 0.2) is 77.3 Å². The van der Waals surface area contributed by atoms with Crippen LogP contribution in [0.2, 0.25) is 0 Å². The molecule has 0 aliphatic carbocycles. The number of hydrogen-bond donors (Lipinski definition) is 2. The summed E-state index contributed by atoms with van der Waals surface area (Å²) in [7, 11) is 0. The van der Waals surface area contributed by atoms with Crippen LogP contribution >= 0.6 is 15.9 Å². The first-order chi connectivity index (χ1) is 13.7. The van der Waals surface area contributed by atoms with Crippen LogP contribution in [0.25, 0.3) is 0 Å². The zero-order chi connectivity index (χ0) is 19.8. The molecule has 0 aliphatic rings. The lowest BCUT2D eigenvalue weighted by atomic mass is 10.2. The Balaban J connectivity index is 1.57. The number of hydrogen-bond acceptors (Lipinski definition) is 5. The Labute approximate surface area is 172 Å². The summed E-state index contributed by atoms with van der Waals surface area (Å²) in [6, 6.07) is 22.6. The third kappa shape index (κ3) is 5.58. The standard InChI is InChI=1S/C22H21BrN2O3/c1-2-27-22(26)16-8-11-19(12-9-16)28-20-13-10-17(21(23)14-20)15-24-25-18-6-4-3-5-7-18/h3-14,24-25H,2,15H2,1H3. The molecular weight excluding hydrogens is 420 g/mol. The molecule has 28 heavy (non-hydrogen) atoms. The van der Waals surface area contributed by atoms with Gasteiger partial charge in [-0.2, -0.15) is 0 Å². The van der Waals surface area contributed by atoms with Crippen molar-refractivity contribution in [3.63, 3.8) is 0 Å². The van der Waals surface area contributed by atoms with Gasteiger partial charge in [-0.1, -0.05) is 40.2 Å². The van der Waals surface area contributed by atoms with Crippen molar-refractivity contribution >= 4 is 27.6 Å². The highest BCUT2D eigenvalue weighted by atomic mass is 79.9. The van der Waals surface area contributed by atoms with Gasteiger partial charge in [0.15, 0.2) is 0 Å². The molecule has 0 spiro atoms. The monoisotopic (exact) mass is 440 g/mol. The fourth-order valence-corrected chi connectivity index (χ4v) is 3.01. The molecule has 0 aliphatic heterocycles. The molecule has 0 atom stereocenters. The number of halogens is 1. The van der Waals surface area contributed by atoms with Crippen LogP contribution in [0, 0.1) is 0 Å². The minimum atomic E-state index is -0.335. The molecule has 0 amide bonds. The Morgan fingerprint density at radius 2 is 1.68 bits per heavy atom. The zero-order valence-corrected chi connectivity index (χ0v) is 17.0. The number of carbonyl (C=O) groups excluding carboxylic acids is 1. The fourth-order valence-electron chi connectivity index (χ4n) is 2.51. The molecule has 3 rings (SSSR count). The number of ether oxygens (including phenoxy) is 2. The number of esters is 1. The summed E-state index contributed by atoms with van der Waals surface area (Å²) >= 11 is 3.59. The number of para-hydroxylation sites is 1. The molecule has 0 heterocycles. The number of benzene rings is 3. The van der Waals surface area contributed by atoms with Crippen LogP contribution in [-0.2, 0) is 11.3 Å². The Kier molecular flexibility index (Phi) is 7.06. The second-order valence-corrected chi connectivity index (χ2v) is 6.80. The fraction of sp³-hybridized carbons (Fsp3) is 0.136. The van der Waals surface area contributed by atoms with Crippen molar-refractivity contribution in [2.75, 3.05) is 12.0 Å². The smallest absolute Gasteiger partial charge is 0.338 e. The summed E-state index contributed by atoms with van der Waals surface area (Å²) in [5, 5.41) is 0. The molecule has 0 saturated carbocycles. The van der Waals surface area contributed by atoms with Gasteiger partial charge in [0.1, 0.15) is 11.5 Å². The van der Waals surface area contributed by atoms with E-state index in [-0.39, 0.29) is 5.97 Å². The topological polar surface area (TPSA) is 59.6 Å². The van der Waals surface area contributed by atoms with E-state index >= 15 is 0 Å². The van der Waals surface area contributed by atoms with Gasteiger partial charge in [0.2, 0.25) is 0 Å². The first-order valence-electron chi connectivity index (χ1n) is 8.93. The highest BCUT2D eigenvalue weighted by molar-refractivity contribution is 9.10. The summed E-state index contributed by atoms with van der Waals surface area (Å²) in [6.07, 6.45) is 0. The Morgan fingerprint density at radius 3 is 2.36 bits per heavy atom. The number of nitrogens with one attached hydrogen (secondary N) is 2. The van der Waals surface area contributed by atoms with Crippen LogP contribution in [0.5, 0.6) is 11.5 Å². The number of hydrazine groups is 1. The van der Waals surface area contributed by atoms with Gasteiger partial charge in [-0.05, 0) is 61.0 Å². The summed E-state index contributed by atoms with van der Waals surface area (Å²) in [6.45, 7) is 2.78. The minimum Gasteiger partial charge on any atom is -0.462 e. The van der Waals surface area contributed by atoms with Crippen LogP contribution in [0.4, 0.5) is 5.69 Å². The van der Waals surface area contributed by atoms with E-state index in [1.54, 1.807) is 31.2 Å². The number of rotatable bonds is 8. The van der Waals surface area contributed by atoms with Gasteiger partial charge >= 0.3 is 5.97 Å². The highest BCUT2D eigenvalue weighted by Gasteiger charge is 2.07. The molecule has 3 aromatic rings. The molecule has 144 valence electrons. The number of carbonyl (C=O) groups is 1. The summed E-state index contributed by atoms with van der Waals surface area (Å²) in [5.74, 6) is 1.02. The third-order valence-electron chi connectivity index (χ3n) is 3.91. The Morgan fingerprint density at radius 1 is 0.964 bits per heavy atom. The lowest BCUT2D eigenvalue weighted by Gasteiger charge is -2.12. The first-order valence-corrected chi connectivity index (χ1v) is 9.72. The van der Waals surface area contributed by atoms with Crippen LogP contribution < -0.4 is 15.6 Å². The average Bonchev–Trinajstić information content (AvgIpc) is 2.71. The van der Waals surface area contributed by atoms with Crippen LogP contribution in [0.1, 0.15) is 22.8 Å². The number of anilines is 1. The van der Waals surface area contributed by atoms with Gasteiger partial charge in [0.05, 0.1) is 12.2 Å². The molecule has 0 aromatic heterocycles. The lowest BCUT2D eigenvalue weighted by molar-refractivity contribution is 0.0526. The van der Waals surface area contributed by atoms with Crippen molar-refractivity contribution in [1.29, 1.82) is 0 Å². The molecule has 0 saturated heterocycles. The first kappa shape index (κ1) is 19.9. The zero-order valence-electron chi connectivity index (χ0n) is 15.4. The Hall–Kier alpha value is -2.83. The quantitative estimate of drug-likeness (QED) is 0.355. The summed E-state index contributed by atoms with van der Waals surface area (Å²) in [4.78, 5) is 11.7. The maximum absolute atomic E-state index is 11.7. The van der Waals surface area contributed by atoms with Crippen LogP contribution in [-0.4, -0.2) is 12.6 Å². The van der Waals surface area contributed by atoms with E-state index in [0.717, 1.165) is 15.7 Å². The second-order valence-electron chi connectivity index (χ2n) is 5.94. The minimum absolute atomic E-state index is 0.335. The van der Waals surface area contributed by atoms with E-state index in [1.807, 2.05) is 48.5 Å². The van der Waals surface area contributed by atoms with Crippen molar-refractivity contribution in [3.8, 4) is 11.5 Å². The van der Waals surface area contributed by atoms with E-state index in [1.165, 1.54) is 0 Å². The normalized spacial score (nSPS) is 10.4. The SMILES string of the molecule is CCOC(=O)c1ccc(Oc2ccc(CNNc3ccccc3)c(Br)c2)cc1. The van der Waals surface area contributed by atoms with Crippen molar-refractivity contribution < 1.29 is 14.3 Å². The van der Waals surface area contributed by atoms with Gasteiger partial charge in [-0.25, -0.2) is 10.2 Å². The van der Waals surface area contributed by atoms with Crippen molar-refractivity contribution in [3.05, 3.63) is 88.4 Å². The molecule has 2 N–H and O–H groups in total. The van der Waals surface area contributed by atoms with E-state index in [4.69, 9.17) is 9.47 Å². The summed E-state index contributed by atoms with van der Waals surface area (Å²) < 4.78 is 11.8. The summed E-state index contributed by atoms with van der Waals surface area (Å²) in [5.41, 5.74) is 8.95. The maximum atomic E-state index is 11.7. The maximum Gasteiger partial charge on any atom is 0.338 e. The molecule has 0 fully saturated rings. The van der Waals surface area contributed by atoms with Gasteiger partial charge in [-0.3, -0.25) is 0 Å². The molecule has 5 nitrogen and oxygen atoms in total. The van der Waals surface area contributed by atoms with Gasteiger partial charge in [-0.15, -0.1) is 0 Å². The van der Waals surface area contributed by atoms with Crippen LogP contribution in [0.3, 0.4) is 0 Å². The average molecular weight is 441 g/mol. The molecule has 0 bridgehead atoms. The van der Waals surface area contributed by atoms with Crippen molar-refractivity contribution in [1.82, 2.24) is 5.43 Å². The van der Waals surface area contributed by atoms with Crippen molar-refractivity contribution in [2.45, 2.75) is 13.5 Å². The van der Waals surface area contributed by atoms with E-state index in [2.05, 4.69) is 26.8 Å². The molecule has 3 aromatic carbocycles. The predicted octanol–water partition coefficient (Wildman–Crippen LogP) is 5.53. The largest absolute Gasteiger partial charge is 0.462 e. The Bertz CT molecular complexity index is 915. The van der Waals surface area contributed by atoms with E-state index in [9.17, 15) is 4.79 Å². The third-order valence-corrected chi connectivity index (χ3v) is 4.65. The van der Waals surface area contributed by atoms with Gasteiger partial charge < -0.3 is 14.9 Å². The molecule has 0 radical (unpaired) electrons. The van der Waals surface area contributed by atoms with E-state index in [0.29, 0.717) is 30.2 Å². The van der Waals surface area contributed by atoms with Gasteiger partial charge in [0.25, 0.3) is 0 Å². The lowest BCUT2D eigenvalue weighted by Crippen LogP contribution is -2.20. The molecular formula is C22H21BrN2O3. The van der Waals surface area contributed by atoms with Crippen molar-refractivity contribution in [2.24, 2.45) is 0 Å². The predicted molar refractivity (Wildman–Crippen MR) is 114 cm³/mol. The highest BCUT2D eigenvalue weighted by Crippen LogP contribution is 2.27. The molecule has 0 unspecified atom stereocenters. The van der Waals surface area contributed by atoms with E-state index < -0.39 is 0 Å². The van der Waals surface area contributed by atoms with Gasteiger partial charge in [0, 0.05) is 16.7 Å².